The van der Waals surface area contributed by atoms with Crippen LogP contribution in [-0.2, 0) is 25.7 Å². The number of benzene rings is 8. The first-order valence-electron chi connectivity index (χ1n) is 21.0. The minimum atomic E-state index is -3.16. The van der Waals surface area contributed by atoms with Crippen LogP contribution in [0.25, 0.3) is 44.5 Å². The van der Waals surface area contributed by atoms with Gasteiger partial charge < -0.3 is 4.65 Å². The Kier molecular flexibility index (Phi) is 7.68. The molecule has 0 heterocycles. The summed E-state index contributed by atoms with van der Waals surface area (Å²) in [6, 6.07) is 64.5. The van der Waals surface area contributed by atoms with Crippen molar-refractivity contribution >= 4 is 37.2 Å². The third-order valence-electron chi connectivity index (χ3n) is 14.1. The summed E-state index contributed by atoms with van der Waals surface area (Å²) in [5.74, 6) is 0. The zero-order valence-corrected chi connectivity index (χ0v) is 35.1. The fourth-order valence-corrected chi connectivity index (χ4v) is 22.7. The zero-order chi connectivity index (χ0) is 39.3. The van der Waals surface area contributed by atoms with Gasteiger partial charge in [0.05, 0.1) is 0 Å². The van der Waals surface area contributed by atoms with Crippen molar-refractivity contribution in [3.05, 3.63) is 239 Å². The Balaban J connectivity index is 1.17. The second-order valence-electron chi connectivity index (χ2n) is 16.8. The van der Waals surface area contributed by atoms with Crippen molar-refractivity contribution in [1.82, 2.24) is 4.65 Å². The summed E-state index contributed by atoms with van der Waals surface area (Å²) in [7, 11) is -6.31. The molecule has 0 radical (unpaired) electrons. The molecule has 0 fully saturated rings. The Morgan fingerprint density at radius 2 is 0.542 bits per heavy atom. The highest BCUT2D eigenvalue weighted by atomic mass is 28.4. The topological polar surface area (TPSA) is 12.0 Å². The molecule has 0 saturated carbocycles. The largest absolute Gasteiger partial charge is 0.339 e. The molecule has 8 aromatic carbocycles. The average Bonchev–Trinajstić information content (AvgIpc) is 4.07. The zero-order valence-electron chi connectivity index (χ0n) is 33.1. The van der Waals surface area contributed by atoms with Gasteiger partial charge in [-0.15, -0.1) is 13.2 Å². The monoisotopic (exact) mass is 785 g/mol. The quantitative estimate of drug-likeness (QED) is 0.151. The number of fused-ring (bicyclic) bond motifs is 12. The normalized spacial score (nSPS) is 13.7. The Morgan fingerprint density at radius 1 is 0.305 bits per heavy atom. The fraction of sp³-hybridized carbons (Fsp3) is 0.0714. The van der Waals surface area contributed by atoms with Crippen LogP contribution in [-0.4, -0.2) is 16.5 Å². The molecule has 3 heteroatoms. The predicted molar refractivity (Wildman–Crippen MR) is 252 cm³/mol. The van der Waals surface area contributed by atoms with Gasteiger partial charge in [0.15, 0.2) is 0 Å². The van der Waals surface area contributed by atoms with E-state index in [0.717, 1.165) is 25.7 Å². The minimum absolute atomic E-state index is 0.913. The van der Waals surface area contributed by atoms with Crippen molar-refractivity contribution in [1.29, 1.82) is 0 Å². The molecule has 0 spiro atoms. The van der Waals surface area contributed by atoms with E-state index in [1.165, 1.54) is 110 Å². The minimum Gasteiger partial charge on any atom is -0.339 e. The summed E-state index contributed by atoms with van der Waals surface area (Å²) >= 11 is 0. The summed E-state index contributed by atoms with van der Waals surface area (Å²) in [6.45, 7) is 9.88. The Labute approximate surface area is 349 Å². The summed E-state index contributed by atoms with van der Waals surface area (Å²) in [4.78, 5) is 0. The molecule has 280 valence electrons. The first kappa shape index (κ1) is 34.7. The van der Waals surface area contributed by atoms with Gasteiger partial charge in [-0.05, 0) is 135 Å². The van der Waals surface area contributed by atoms with E-state index in [0.29, 0.717) is 0 Å². The van der Waals surface area contributed by atoms with Crippen LogP contribution >= 0.6 is 0 Å². The Hall–Kier alpha value is -6.37. The molecular weight excluding hydrogens is 743 g/mol. The molecule has 1 nitrogen and oxygen atoms in total. The standard InChI is InChI=1S/C56H43NSi2/c1-3-58(53-29-13-25-45-41-21-9-5-17-37(41)33-49(45)53,54-30-14-26-46-42-22-10-6-18-38(42)34-50(46)54)57-59(4-2,55-31-15-27-47-43-23-11-7-19-39(43)35-51(47)55)56-32-16-28-48-44-24-12-8-20-40(44)36-52(48)56/h3-32,57H,1-2,33-36H2. The van der Waals surface area contributed by atoms with Gasteiger partial charge in [-0.2, -0.15) is 0 Å². The third kappa shape index (κ3) is 4.87. The maximum absolute atomic E-state index is 4.94. The van der Waals surface area contributed by atoms with E-state index < -0.39 is 16.5 Å². The van der Waals surface area contributed by atoms with E-state index >= 15 is 0 Å². The van der Waals surface area contributed by atoms with Crippen LogP contribution in [0.4, 0.5) is 0 Å². The molecule has 12 rings (SSSR count). The second-order valence-corrected chi connectivity index (χ2v) is 24.0. The van der Waals surface area contributed by atoms with Crippen molar-refractivity contribution in [3.8, 4) is 44.5 Å². The smallest absolute Gasteiger partial charge is 0.209 e. The molecule has 0 bridgehead atoms. The van der Waals surface area contributed by atoms with E-state index in [4.69, 9.17) is 17.8 Å². The number of hydrogen-bond donors (Lipinski definition) is 1. The van der Waals surface area contributed by atoms with Gasteiger partial charge in [0.2, 0.25) is 16.5 Å². The van der Waals surface area contributed by atoms with Crippen molar-refractivity contribution in [2.24, 2.45) is 0 Å². The van der Waals surface area contributed by atoms with Crippen molar-refractivity contribution in [2.75, 3.05) is 0 Å². The summed E-state index contributed by atoms with van der Waals surface area (Å²) in [5, 5.41) is 5.65. The van der Waals surface area contributed by atoms with Crippen LogP contribution in [0.1, 0.15) is 44.5 Å². The van der Waals surface area contributed by atoms with Gasteiger partial charge in [0.1, 0.15) is 0 Å². The molecule has 4 aliphatic carbocycles. The highest BCUT2D eigenvalue weighted by Crippen LogP contribution is 2.42. The molecule has 0 saturated heterocycles. The lowest BCUT2D eigenvalue weighted by molar-refractivity contribution is 1.24. The van der Waals surface area contributed by atoms with Crippen LogP contribution in [0.5, 0.6) is 0 Å². The molecule has 59 heavy (non-hydrogen) atoms. The van der Waals surface area contributed by atoms with E-state index in [-0.39, 0.29) is 0 Å². The molecule has 1 N–H and O–H groups in total. The van der Waals surface area contributed by atoms with Gasteiger partial charge >= 0.3 is 0 Å². The molecule has 8 aromatic rings. The van der Waals surface area contributed by atoms with Crippen LogP contribution in [0, 0.1) is 0 Å². The average molecular weight is 786 g/mol. The van der Waals surface area contributed by atoms with E-state index in [1.54, 1.807) is 0 Å². The van der Waals surface area contributed by atoms with Crippen LogP contribution in [0.2, 0.25) is 0 Å². The van der Waals surface area contributed by atoms with E-state index in [9.17, 15) is 0 Å². The summed E-state index contributed by atoms with van der Waals surface area (Å²) < 4.78 is 4.91. The maximum Gasteiger partial charge on any atom is 0.209 e. The SMILES string of the molecule is C=C[Si](N[Si](C=C)(c1cccc2c1Cc1ccccc1-2)c1cccc2c1Cc1ccccc1-2)(c1cccc2c1Cc1ccccc1-2)c1cccc2c1Cc1ccccc1-2. The van der Waals surface area contributed by atoms with Gasteiger partial charge in [0, 0.05) is 0 Å². The second kappa shape index (κ2) is 13.1. The summed E-state index contributed by atoms with van der Waals surface area (Å²) in [5.41, 5.74) is 27.0. The highest BCUT2D eigenvalue weighted by Gasteiger charge is 2.51. The van der Waals surface area contributed by atoms with Crippen molar-refractivity contribution in [2.45, 2.75) is 25.7 Å². The molecule has 0 aliphatic heterocycles. The number of hydrogen-bond acceptors (Lipinski definition) is 1. The van der Waals surface area contributed by atoms with E-state index in [2.05, 4.69) is 181 Å². The maximum atomic E-state index is 4.94. The lowest BCUT2D eigenvalue weighted by Gasteiger charge is -2.44. The fourth-order valence-electron chi connectivity index (χ4n) is 11.5. The first-order chi connectivity index (χ1) is 29.1. The molecule has 0 amide bonds. The lowest BCUT2D eigenvalue weighted by Crippen LogP contribution is -2.83. The predicted octanol–water partition coefficient (Wildman–Crippen LogP) is 9.83. The van der Waals surface area contributed by atoms with Gasteiger partial charge in [0.25, 0.3) is 0 Å². The molecular formula is C56H43NSi2. The molecule has 0 unspecified atom stereocenters. The Morgan fingerprint density at radius 3 is 0.797 bits per heavy atom. The Bertz CT molecular complexity index is 2700. The van der Waals surface area contributed by atoms with E-state index in [1.807, 2.05) is 0 Å². The van der Waals surface area contributed by atoms with Gasteiger partial charge in [-0.3, -0.25) is 0 Å². The van der Waals surface area contributed by atoms with Gasteiger partial charge in [-0.25, -0.2) is 0 Å². The number of nitrogens with one attached hydrogen (secondary N) is 1. The molecule has 0 aromatic heterocycles. The summed E-state index contributed by atoms with van der Waals surface area (Å²) in [6.07, 6.45) is 3.65. The molecule has 0 atom stereocenters. The lowest BCUT2D eigenvalue weighted by atomic mass is 10.1. The molecule has 4 aliphatic rings. The van der Waals surface area contributed by atoms with Crippen LogP contribution in [0.3, 0.4) is 0 Å². The van der Waals surface area contributed by atoms with Gasteiger partial charge in [-0.1, -0.05) is 181 Å². The van der Waals surface area contributed by atoms with Crippen molar-refractivity contribution in [3.63, 3.8) is 0 Å². The third-order valence-corrected chi connectivity index (χ3v) is 23.8. The number of rotatable bonds is 8. The van der Waals surface area contributed by atoms with Crippen LogP contribution < -0.4 is 25.4 Å². The highest BCUT2D eigenvalue weighted by molar-refractivity contribution is 7.18. The van der Waals surface area contributed by atoms with Crippen molar-refractivity contribution < 1.29 is 0 Å². The first-order valence-corrected chi connectivity index (χ1v) is 25.2. The van der Waals surface area contributed by atoms with Crippen LogP contribution in [0.15, 0.2) is 194 Å².